The number of methoxy groups -OCH3 is 1. The smallest absolute Gasteiger partial charge is 0.273 e. The van der Waals surface area contributed by atoms with Gasteiger partial charge in [0.15, 0.2) is 0 Å². The molecule has 3 N–H and O–H groups in total. The lowest BCUT2D eigenvalue weighted by atomic mass is 9.77. The van der Waals surface area contributed by atoms with E-state index in [1.54, 1.807) is 47.4 Å². The van der Waals surface area contributed by atoms with Crippen molar-refractivity contribution in [2.45, 2.75) is 19.3 Å². The summed E-state index contributed by atoms with van der Waals surface area (Å²) in [7, 11) is 1.55. The van der Waals surface area contributed by atoms with E-state index >= 15 is 0 Å². The van der Waals surface area contributed by atoms with Crippen molar-refractivity contribution in [2.24, 2.45) is 11.1 Å². The Labute approximate surface area is 225 Å². The van der Waals surface area contributed by atoms with Crippen LogP contribution in [0.3, 0.4) is 0 Å². The highest BCUT2D eigenvalue weighted by Gasteiger charge is 2.49. The molecule has 0 bridgehead atoms. The maximum absolute atomic E-state index is 13.6. The lowest BCUT2D eigenvalue weighted by Crippen LogP contribution is -2.46. The van der Waals surface area contributed by atoms with E-state index in [4.69, 9.17) is 15.9 Å². The van der Waals surface area contributed by atoms with E-state index in [-0.39, 0.29) is 17.4 Å². The number of likely N-dealkylation sites (tertiary alicyclic amines) is 1. The van der Waals surface area contributed by atoms with Crippen molar-refractivity contribution >= 4 is 29.3 Å². The van der Waals surface area contributed by atoms with Crippen LogP contribution in [0, 0.1) is 10.8 Å². The Morgan fingerprint density at radius 2 is 1.74 bits per heavy atom. The Kier molecular flexibility index (Phi) is 7.02. The molecule has 0 atom stereocenters. The van der Waals surface area contributed by atoms with Crippen molar-refractivity contribution in [1.82, 2.24) is 14.5 Å². The van der Waals surface area contributed by atoms with Crippen molar-refractivity contribution in [3.8, 4) is 11.4 Å². The summed E-state index contributed by atoms with van der Waals surface area (Å²) in [5.41, 5.74) is 8.06. The zero-order chi connectivity index (χ0) is 27.6. The second kappa shape index (κ2) is 10.6. The number of ether oxygens (including phenoxy) is 1. The highest BCUT2D eigenvalue weighted by atomic mass is 16.5. The molecule has 2 amide bonds. The maximum atomic E-state index is 13.6. The van der Waals surface area contributed by atoms with Crippen LogP contribution in [0.1, 0.15) is 35.2 Å². The van der Waals surface area contributed by atoms with Crippen LogP contribution < -0.4 is 20.9 Å². The molecule has 0 saturated carbocycles. The van der Waals surface area contributed by atoms with Gasteiger partial charge in [-0.25, -0.2) is 0 Å². The predicted molar refractivity (Wildman–Crippen MR) is 148 cm³/mol. The molecule has 2 saturated heterocycles. The summed E-state index contributed by atoms with van der Waals surface area (Å²) in [6.45, 7) is 1.59. The fraction of sp³-hybridized carbons (Fsp3) is 0.276. The van der Waals surface area contributed by atoms with Crippen LogP contribution in [0.25, 0.3) is 11.3 Å². The minimum absolute atomic E-state index is 0.0678. The van der Waals surface area contributed by atoms with Crippen LogP contribution >= 0.6 is 0 Å². The van der Waals surface area contributed by atoms with Gasteiger partial charge in [0, 0.05) is 78.6 Å². The van der Waals surface area contributed by atoms with Gasteiger partial charge in [-0.05, 0) is 55.7 Å². The van der Waals surface area contributed by atoms with Crippen molar-refractivity contribution in [3.05, 3.63) is 88.7 Å². The number of amides is 2. The molecule has 3 aromatic rings. The molecule has 200 valence electrons. The van der Waals surface area contributed by atoms with Crippen LogP contribution in [-0.2, 0) is 4.79 Å². The first-order valence-corrected chi connectivity index (χ1v) is 12.8. The lowest BCUT2D eigenvalue weighted by molar-refractivity contribution is -0.127. The van der Waals surface area contributed by atoms with Crippen molar-refractivity contribution in [1.29, 1.82) is 5.41 Å². The quantitative estimate of drug-likeness (QED) is 0.475. The number of hydrogen-bond donors (Lipinski definition) is 2. The van der Waals surface area contributed by atoms with E-state index in [1.807, 2.05) is 18.2 Å². The van der Waals surface area contributed by atoms with E-state index in [0.29, 0.717) is 60.6 Å². The van der Waals surface area contributed by atoms with Gasteiger partial charge >= 0.3 is 0 Å². The molecule has 0 unspecified atom stereocenters. The van der Waals surface area contributed by atoms with Gasteiger partial charge in [-0.15, -0.1) is 0 Å². The number of anilines is 1. The topological polar surface area (TPSA) is 135 Å². The van der Waals surface area contributed by atoms with Crippen LogP contribution in [0.15, 0.2) is 72.0 Å². The maximum Gasteiger partial charge on any atom is 0.273 e. The average molecular weight is 527 g/mol. The van der Waals surface area contributed by atoms with Gasteiger partial charge in [-0.1, -0.05) is 0 Å². The summed E-state index contributed by atoms with van der Waals surface area (Å²) in [6.07, 6.45) is 8.80. The second-order valence-electron chi connectivity index (χ2n) is 9.76. The number of rotatable bonds is 6. The molecular formula is C29H30N6O4. The van der Waals surface area contributed by atoms with Crippen LogP contribution in [0.2, 0.25) is 0 Å². The van der Waals surface area contributed by atoms with Crippen molar-refractivity contribution < 1.29 is 14.3 Å². The first kappa shape index (κ1) is 25.9. The summed E-state index contributed by atoms with van der Waals surface area (Å²) in [4.78, 5) is 46.3. The fourth-order valence-corrected chi connectivity index (χ4v) is 5.48. The minimum Gasteiger partial charge on any atom is -0.496 e. The van der Waals surface area contributed by atoms with Crippen molar-refractivity contribution in [3.63, 3.8) is 0 Å². The van der Waals surface area contributed by atoms with Gasteiger partial charge in [-0.3, -0.25) is 23.9 Å². The second-order valence-corrected chi connectivity index (χ2v) is 9.76. The van der Waals surface area contributed by atoms with Crippen LogP contribution in [0.4, 0.5) is 5.69 Å². The fourth-order valence-electron chi connectivity index (χ4n) is 5.48. The number of piperidine rings is 1. The zero-order valence-electron chi connectivity index (χ0n) is 21.7. The molecule has 2 fully saturated rings. The number of nitrogens with two attached hydrogens (primary N) is 1. The largest absolute Gasteiger partial charge is 0.496 e. The molecule has 10 heteroatoms. The highest BCUT2D eigenvalue weighted by Crippen LogP contribution is 2.44. The summed E-state index contributed by atoms with van der Waals surface area (Å²) in [5.74, 6) is 0.524. The molecule has 2 aliphatic rings. The van der Waals surface area contributed by atoms with Gasteiger partial charge < -0.3 is 25.7 Å². The number of benzene rings is 2. The van der Waals surface area contributed by atoms with E-state index in [0.717, 1.165) is 12.1 Å². The number of allylic oxidation sites excluding steroid dienone is 1. The molecule has 10 nitrogen and oxygen atoms in total. The third-order valence-corrected chi connectivity index (χ3v) is 7.78. The third kappa shape index (κ3) is 4.69. The number of nitrogens with one attached hydrogen (secondary N) is 1. The Morgan fingerprint density at radius 3 is 2.38 bits per heavy atom. The number of nitrogens with zero attached hydrogens (tertiary/aromatic N) is 4. The molecule has 5 rings (SSSR count). The standard InChI is InChI=1S/C29H30N6O4/c1-39-25-16-23(6-7-24(25)21(17-30)18-31)35-14-10-29(28(35)38)8-12-33(13-9-29)27(37)20-2-4-22(5-3-20)34-15-11-32-19-26(34)36/h2-7,11,15-19,30H,8-10,12-14,31H2,1H3/b21-18+,30-17?. The molecule has 39 heavy (non-hydrogen) atoms. The molecule has 3 heterocycles. The summed E-state index contributed by atoms with van der Waals surface area (Å²) in [5, 5.41) is 7.57. The lowest BCUT2D eigenvalue weighted by Gasteiger charge is -2.38. The van der Waals surface area contributed by atoms with Gasteiger partial charge in [0.2, 0.25) is 5.91 Å². The van der Waals surface area contributed by atoms with E-state index < -0.39 is 5.41 Å². The SMILES string of the molecule is COc1cc(N2CCC3(CCN(C(=O)c4ccc(-n5ccncc5=O)cc4)CC3)C2=O)ccc1/C(C=N)=C/N. The van der Waals surface area contributed by atoms with Crippen LogP contribution in [-0.4, -0.2) is 59.2 Å². The third-order valence-electron chi connectivity index (χ3n) is 7.78. The Bertz CT molecular complexity index is 1500. The zero-order valence-corrected chi connectivity index (χ0v) is 21.7. The van der Waals surface area contributed by atoms with Gasteiger partial charge in [-0.2, -0.15) is 0 Å². The molecule has 1 spiro atoms. The van der Waals surface area contributed by atoms with Crippen LogP contribution in [0.5, 0.6) is 5.75 Å². The molecule has 0 radical (unpaired) electrons. The average Bonchev–Trinajstić information content (AvgIpc) is 3.29. The number of carbonyl (C=O) groups is 2. The number of carbonyl (C=O) groups excluding carboxylic acids is 2. The number of hydrogen-bond acceptors (Lipinski definition) is 7. The minimum atomic E-state index is -0.494. The molecule has 0 aliphatic carbocycles. The van der Waals surface area contributed by atoms with E-state index in [9.17, 15) is 14.4 Å². The number of aromatic nitrogens is 2. The highest BCUT2D eigenvalue weighted by molar-refractivity contribution is 6.09. The van der Waals surface area contributed by atoms with Crippen molar-refractivity contribution in [2.75, 3.05) is 31.6 Å². The van der Waals surface area contributed by atoms with Gasteiger partial charge in [0.25, 0.3) is 11.5 Å². The summed E-state index contributed by atoms with van der Waals surface area (Å²) >= 11 is 0. The van der Waals surface area contributed by atoms with Gasteiger partial charge in [0.1, 0.15) is 5.75 Å². The first-order chi connectivity index (χ1) is 18.9. The van der Waals surface area contributed by atoms with Gasteiger partial charge in [0.05, 0.1) is 18.7 Å². The summed E-state index contributed by atoms with van der Waals surface area (Å²) in [6, 6.07) is 12.4. The first-order valence-electron chi connectivity index (χ1n) is 12.8. The monoisotopic (exact) mass is 526 g/mol. The summed E-state index contributed by atoms with van der Waals surface area (Å²) < 4.78 is 6.99. The molecule has 2 aliphatic heterocycles. The van der Waals surface area contributed by atoms with E-state index in [2.05, 4.69) is 4.98 Å². The Hall–Kier alpha value is -4.73. The Balaban J connectivity index is 1.26. The molecule has 1 aromatic heterocycles. The normalized spacial score (nSPS) is 16.9. The van der Waals surface area contributed by atoms with E-state index in [1.165, 1.54) is 29.4 Å². The Morgan fingerprint density at radius 1 is 1.05 bits per heavy atom. The molecular weight excluding hydrogens is 496 g/mol. The molecule has 2 aromatic carbocycles. The predicted octanol–water partition coefficient (Wildman–Crippen LogP) is 2.85.